The Kier molecular flexibility index (Phi) is 5.68. The molecule has 0 unspecified atom stereocenters. The molecular weight excluding hydrogens is 298 g/mol. The summed E-state index contributed by atoms with van der Waals surface area (Å²) >= 11 is 0. The van der Waals surface area contributed by atoms with Crippen LogP contribution >= 0.6 is 0 Å². The van der Waals surface area contributed by atoms with Gasteiger partial charge in [0.1, 0.15) is 5.75 Å². The van der Waals surface area contributed by atoms with Gasteiger partial charge in [-0.2, -0.15) is 0 Å². The van der Waals surface area contributed by atoms with Crippen LogP contribution in [0.5, 0.6) is 5.75 Å². The molecule has 0 fully saturated rings. The van der Waals surface area contributed by atoms with Crippen molar-refractivity contribution >= 4 is 10.0 Å². The van der Waals surface area contributed by atoms with Crippen molar-refractivity contribution in [2.75, 3.05) is 7.11 Å². The molecular formula is C17H29NO3S. The number of hydrogen-bond acceptors (Lipinski definition) is 3. The highest BCUT2D eigenvalue weighted by Crippen LogP contribution is 2.29. The van der Waals surface area contributed by atoms with Gasteiger partial charge in [-0.15, -0.1) is 0 Å². The van der Waals surface area contributed by atoms with Gasteiger partial charge in [-0.1, -0.05) is 27.7 Å². The van der Waals surface area contributed by atoms with E-state index in [1.165, 1.54) is 0 Å². The summed E-state index contributed by atoms with van der Waals surface area (Å²) in [5, 5.41) is 0. The topological polar surface area (TPSA) is 55.4 Å². The van der Waals surface area contributed by atoms with Crippen molar-refractivity contribution < 1.29 is 13.2 Å². The predicted octanol–water partition coefficient (Wildman–Crippen LogP) is 3.75. The summed E-state index contributed by atoms with van der Waals surface area (Å²) in [5.74, 6) is 0.718. The van der Waals surface area contributed by atoms with Crippen molar-refractivity contribution in [2.24, 2.45) is 5.41 Å². The zero-order valence-electron chi connectivity index (χ0n) is 14.8. The molecule has 22 heavy (non-hydrogen) atoms. The van der Waals surface area contributed by atoms with E-state index >= 15 is 0 Å². The zero-order chi connectivity index (χ0) is 17.2. The van der Waals surface area contributed by atoms with Gasteiger partial charge in [-0.05, 0) is 55.9 Å². The maximum atomic E-state index is 12.6. The number of methoxy groups -OCH3 is 1. The van der Waals surface area contributed by atoms with Crippen molar-refractivity contribution in [1.29, 1.82) is 0 Å². The molecule has 0 saturated carbocycles. The lowest BCUT2D eigenvalue weighted by Crippen LogP contribution is -2.45. The SMILES string of the molecule is CCc1cc(S(=O)(=O)NC(C)(C)CC(C)(C)C)ccc1OC. The molecule has 0 aliphatic heterocycles. The van der Waals surface area contributed by atoms with E-state index in [0.29, 0.717) is 0 Å². The highest BCUT2D eigenvalue weighted by atomic mass is 32.2. The number of nitrogens with one attached hydrogen (secondary N) is 1. The second kappa shape index (κ2) is 6.59. The number of rotatable bonds is 6. The third-order valence-electron chi connectivity index (χ3n) is 3.33. The summed E-state index contributed by atoms with van der Waals surface area (Å²) in [6.45, 7) is 12.1. The highest BCUT2D eigenvalue weighted by molar-refractivity contribution is 7.89. The van der Waals surface area contributed by atoms with Crippen molar-refractivity contribution in [1.82, 2.24) is 4.72 Å². The Morgan fingerprint density at radius 2 is 1.73 bits per heavy atom. The number of aryl methyl sites for hydroxylation is 1. The van der Waals surface area contributed by atoms with Gasteiger partial charge in [0.15, 0.2) is 0 Å². The quantitative estimate of drug-likeness (QED) is 0.865. The fourth-order valence-corrected chi connectivity index (χ4v) is 4.45. The van der Waals surface area contributed by atoms with Crippen LogP contribution in [0.4, 0.5) is 0 Å². The lowest BCUT2D eigenvalue weighted by atomic mass is 9.82. The Balaban J connectivity index is 3.09. The van der Waals surface area contributed by atoms with E-state index < -0.39 is 15.6 Å². The molecule has 1 aromatic carbocycles. The van der Waals surface area contributed by atoms with Gasteiger partial charge in [-0.3, -0.25) is 0 Å². The Bertz CT molecular complexity index is 613. The summed E-state index contributed by atoms with van der Waals surface area (Å²) in [5.41, 5.74) is 0.420. The molecule has 1 aromatic rings. The van der Waals surface area contributed by atoms with E-state index in [0.717, 1.165) is 24.2 Å². The smallest absolute Gasteiger partial charge is 0.241 e. The van der Waals surface area contributed by atoms with E-state index in [4.69, 9.17) is 4.74 Å². The number of benzene rings is 1. The van der Waals surface area contributed by atoms with Crippen LogP contribution in [0, 0.1) is 5.41 Å². The van der Waals surface area contributed by atoms with Crippen LogP contribution in [0.1, 0.15) is 53.5 Å². The van der Waals surface area contributed by atoms with Crippen LogP contribution in [0.2, 0.25) is 0 Å². The van der Waals surface area contributed by atoms with Crippen molar-refractivity contribution in [3.05, 3.63) is 23.8 Å². The van der Waals surface area contributed by atoms with Crippen LogP contribution < -0.4 is 9.46 Å². The maximum Gasteiger partial charge on any atom is 0.241 e. The maximum absolute atomic E-state index is 12.6. The monoisotopic (exact) mass is 327 g/mol. The minimum Gasteiger partial charge on any atom is -0.496 e. The molecule has 0 atom stereocenters. The Labute approximate surface area is 135 Å². The van der Waals surface area contributed by atoms with E-state index in [9.17, 15) is 8.42 Å². The molecule has 0 aliphatic carbocycles. The lowest BCUT2D eigenvalue weighted by Gasteiger charge is -2.33. The molecule has 126 valence electrons. The van der Waals surface area contributed by atoms with Gasteiger partial charge in [0, 0.05) is 5.54 Å². The first kappa shape index (κ1) is 19.0. The number of ether oxygens (including phenoxy) is 1. The van der Waals surface area contributed by atoms with Gasteiger partial charge in [0.2, 0.25) is 10.0 Å². The molecule has 0 saturated heterocycles. The van der Waals surface area contributed by atoms with E-state index in [1.807, 2.05) is 20.8 Å². The first-order valence-corrected chi connectivity index (χ1v) is 9.09. The molecule has 5 heteroatoms. The molecule has 0 amide bonds. The molecule has 0 aromatic heterocycles. The van der Waals surface area contributed by atoms with Gasteiger partial charge in [-0.25, -0.2) is 13.1 Å². The molecule has 0 spiro atoms. The van der Waals surface area contributed by atoms with Crippen molar-refractivity contribution in [2.45, 2.75) is 64.8 Å². The van der Waals surface area contributed by atoms with Crippen LogP contribution in [0.15, 0.2) is 23.1 Å². The van der Waals surface area contributed by atoms with Crippen LogP contribution in [0.3, 0.4) is 0 Å². The van der Waals surface area contributed by atoms with E-state index in [2.05, 4.69) is 25.5 Å². The lowest BCUT2D eigenvalue weighted by molar-refractivity contribution is 0.269. The third-order valence-corrected chi connectivity index (χ3v) is 5.02. The zero-order valence-corrected chi connectivity index (χ0v) is 15.6. The summed E-state index contributed by atoms with van der Waals surface area (Å²) in [6, 6.07) is 4.99. The molecule has 4 nitrogen and oxygen atoms in total. The standard InChI is InChI=1S/C17H29NO3S/c1-8-13-11-14(9-10-15(13)21-7)22(19,20)18-17(5,6)12-16(2,3)4/h9-11,18H,8,12H2,1-7H3. The van der Waals surface area contributed by atoms with Crippen molar-refractivity contribution in [3.63, 3.8) is 0 Å². The number of hydrogen-bond donors (Lipinski definition) is 1. The average Bonchev–Trinajstić information content (AvgIpc) is 2.33. The van der Waals surface area contributed by atoms with Gasteiger partial charge >= 0.3 is 0 Å². The fourth-order valence-electron chi connectivity index (χ4n) is 2.98. The highest BCUT2D eigenvalue weighted by Gasteiger charge is 2.30. The van der Waals surface area contributed by atoms with Crippen LogP contribution in [-0.2, 0) is 16.4 Å². The third kappa shape index (κ3) is 5.29. The second-order valence-electron chi connectivity index (χ2n) is 7.55. The van der Waals surface area contributed by atoms with Gasteiger partial charge in [0.25, 0.3) is 0 Å². The second-order valence-corrected chi connectivity index (χ2v) is 9.24. The predicted molar refractivity (Wildman–Crippen MR) is 90.8 cm³/mol. The first-order chi connectivity index (χ1) is 9.90. The van der Waals surface area contributed by atoms with Crippen LogP contribution in [0.25, 0.3) is 0 Å². The average molecular weight is 327 g/mol. The number of sulfonamides is 1. The van der Waals surface area contributed by atoms with E-state index in [1.54, 1.807) is 25.3 Å². The van der Waals surface area contributed by atoms with E-state index in [-0.39, 0.29) is 10.3 Å². The minimum absolute atomic E-state index is 0.0422. The Morgan fingerprint density at radius 1 is 1.14 bits per heavy atom. The summed E-state index contributed by atoms with van der Waals surface area (Å²) < 4.78 is 33.4. The summed E-state index contributed by atoms with van der Waals surface area (Å²) in [4.78, 5) is 0.284. The first-order valence-electron chi connectivity index (χ1n) is 7.61. The largest absolute Gasteiger partial charge is 0.496 e. The summed E-state index contributed by atoms with van der Waals surface area (Å²) in [6.07, 6.45) is 1.47. The molecule has 1 rings (SSSR count). The normalized spacial score (nSPS) is 13.2. The molecule has 0 heterocycles. The summed E-state index contributed by atoms with van der Waals surface area (Å²) in [7, 11) is -1.96. The van der Waals surface area contributed by atoms with Crippen molar-refractivity contribution in [3.8, 4) is 5.75 Å². The Hall–Kier alpha value is -1.07. The van der Waals surface area contributed by atoms with Gasteiger partial charge < -0.3 is 4.74 Å². The molecule has 0 aliphatic rings. The van der Waals surface area contributed by atoms with Crippen LogP contribution in [-0.4, -0.2) is 21.1 Å². The molecule has 0 bridgehead atoms. The fraction of sp³-hybridized carbons (Fsp3) is 0.647. The molecule has 1 N–H and O–H groups in total. The Morgan fingerprint density at radius 3 is 2.18 bits per heavy atom. The minimum atomic E-state index is -3.55. The van der Waals surface area contributed by atoms with Gasteiger partial charge in [0.05, 0.1) is 12.0 Å². The molecule has 0 radical (unpaired) electrons.